The average molecular weight is 248 g/mol. The van der Waals surface area contributed by atoms with E-state index in [0.717, 1.165) is 12.1 Å². The lowest BCUT2D eigenvalue weighted by atomic mass is 9.64. The van der Waals surface area contributed by atoms with Gasteiger partial charge in [0.25, 0.3) is 0 Å². The Kier molecular flexibility index (Phi) is 3.28. The maximum Gasteiger partial charge on any atom is 0.0630 e. The molecule has 3 heteroatoms. The molecule has 1 saturated carbocycles. The normalized spacial score (nSPS) is 25.4. The van der Waals surface area contributed by atoms with Gasteiger partial charge in [0.05, 0.1) is 6.10 Å². The third kappa shape index (κ3) is 2.19. The van der Waals surface area contributed by atoms with Gasteiger partial charge in [-0.3, -0.25) is 0 Å². The van der Waals surface area contributed by atoms with E-state index >= 15 is 0 Å². The predicted molar refractivity (Wildman–Crippen MR) is 77.3 cm³/mol. The van der Waals surface area contributed by atoms with Crippen molar-refractivity contribution >= 4 is 11.4 Å². The summed E-state index contributed by atoms with van der Waals surface area (Å²) in [5, 5.41) is 13.3. The second-order valence-corrected chi connectivity index (χ2v) is 6.17. The number of aliphatic hydroxyl groups is 1. The molecule has 0 spiro atoms. The number of aliphatic hydroxyl groups excluding tert-OH is 1. The summed E-state index contributed by atoms with van der Waals surface area (Å²) >= 11 is 0. The van der Waals surface area contributed by atoms with Gasteiger partial charge in [-0.25, -0.2) is 0 Å². The van der Waals surface area contributed by atoms with Crippen LogP contribution in [0, 0.1) is 12.3 Å². The Morgan fingerprint density at radius 3 is 2.50 bits per heavy atom. The molecule has 2 unspecified atom stereocenters. The Labute approximate surface area is 110 Å². The van der Waals surface area contributed by atoms with Crippen molar-refractivity contribution in [2.45, 2.75) is 39.3 Å². The van der Waals surface area contributed by atoms with Crippen molar-refractivity contribution in [2.24, 2.45) is 5.41 Å². The summed E-state index contributed by atoms with van der Waals surface area (Å²) in [5.74, 6) is 0. The zero-order valence-corrected chi connectivity index (χ0v) is 12.0. The zero-order chi connectivity index (χ0) is 13.5. The molecular formula is C15H24N2O. The fraction of sp³-hybridized carbons (Fsp3) is 0.600. The van der Waals surface area contributed by atoms with E-state index in [0.29, 0.717) is 6.04 Å². The summed E-state index contributed by atoms with van der Waals surface area (Å²) in [6.07, 6.45) is 0.645. The fourth-order valence-corrected chi connectivity index (χ4v) is 2.53. The predicted octanol–water partition coefficient (Wildman–Crippen LogP) is 2.63. The molecule has 100 valence electrons. The minimum atomic E-state index is -0.186. The molecule has 0 radical (unpaired) electrons. The summed E-state index contributed by atoms with van der Waals surface area (Å²) in [4.78, 5) is 2.13. The second-order valence-electron chi connectivity index (χ2n) is 6.17. The Morgan fingerprint density at radius 1 is 1.33 bits per heavy atom. The topological polar surface area (TPSA) is 35.5 Å². The van der Waals surface area contributed by atoms with Crippen LogP contribution < -0.4 is 10.2 Å². The monoisotopic (exact) mass is 248 g/mol. The lowest BCUT2D eigenvalue weighted by Crippen LogP contribution is -2.56. The maximum absolute atomic E-state index is 9.76. The number of rotatable bonds is 3. The van der Waals surface area contributed by atoms with Crippen LogP contribution >= 0.6 is 0 Å². The summed E-state index contributed by atoms with van der Waals surface area (Å²) in [6.45, 7) is 6.34. The van der Waals surface area contributed by atoms with Crippen LogP contribution in [-0.2, 0) is 0 Å². The quantitative estimate of drug-likeness (QED) is 0.863. The molecule has 1 aliphatic carbocycles. The Balaban J connectivity index is 2.14. The highest BCUT2D eigenvalue weighted by atomic mass is 16.3. The van der Waals surface area contributed by atoms with Gasteiger partial charge >= 0.3 is 0 Å². The van der Waals surface area contributed by atoms with Gasteiger partial charge in [-0.2, -0.15) is 0 Å². The fourth-order valence-electron chi connectivity index (χ4n) is 2.53. The van der Waals surface area contributed by atoms with Crippen molar-refractivity contribution in [1.82, 2.24) is 0 Å². The van der Waals surface area contributed by atoms with Crippen LogP contribution in [0.3, 0.4) is 0 Å². The summed E-state index contributed by atoms with van der Waals surface area (Å²) in [7, 11) is 4.12. The van der Waals surface area contributed by atoms with Crippen LogP contribution in [0.5, 0.6) is 0 Å². The molecule has 0 saturated heterocycles. The number of hydrogen-bond donors (Lipinski definition) is 2. The first-order chi connectivity index (χ1) is 8.32. The highest BCUT2D eigenvalue weighted by Crippen LogP contribution is 2.42. The van der Waals surface area contributed by atoms with Crippen LogP contribution in [0.25, 0.3) is 0 Å². The minimum Gasteiger partial charge on any atom is -0.392 e. The largest absolute Gasteiger partial charge is 0.392 e. The van der Waals surface area contributed by atoms with Crippen molar-refractivity contribution < 1.29 is 5.11 Å². The van der Waals surface area contributed by atoms with E-state index in [2.05, 4.69) is 63.3 Å². The standard InChI is InChI=1S/C15H24N2O/c1-10-6-7-11(8-12(10)17(4)5)16-13-9-14(18)15(13,2)3/h6-8,13-14,16,18H,9H2,1-5H3. The SMILES string of the molecule is Cc1ccc(NC2CC(O)C2(C)C)cc1N(C)C. The molecule has 2 atom stereocenters. The van der Waals surface area contributed by atoms with Crippen molar-refractivity contribution in [3.05, 3.63) is 23.8 Å². The Bertz CT molecular complexity index is 440. The molecule has 18 heavy (non-hydrogen) atoms. The Hall–Kier alpha value is -1.22. The van der Waals surface area contributed by atoms with Crippen molar-refractivity contribution in [3.8, 4) is 0 Å². The number of anilines is 2. The number of aryl methyl sites for hydroxylation is 1. The van der Waals surface area contributed by atoms with Crippen LogP contribution in [0.15, 0.2) is 18.2 Å². The van der Waals surface area contributed by atoms with Gasteiger partial charge in [0.2, 0.25) is 0 Å². The lowest BCUT2D eigenvalue weighted by molar-refractivity contribution is -0.0510. The molecule has 3 nitrogen and oxygen atoms in total. The van der Waals surface area contributed by atoms with E-state index < -0.39 is 0 Å². The third-order valence-corrected chi connectivity index (χ3v) is 4.25. The molecule has 0 aromatic heterocycles. The summed E-state index contributed by atoms with van der Waals surface area (Å²) in [5.41, 5.74) is 3.61. The van der Waals surface area contributed by atoms with Gasteiger partial charge in [0, 0.05) is 36.9 Å². The molecule has 2 rings (SSSR count). The first-order valence-electron chi connectivity index (χ1n) is 6.55. The summed E-state index contributed by atoms with van der Waals surface area (Å²) < 4.78 is 0. The van der Waals surface area contributed by atoms with Gasteiger partial charge < -0.3 is 15.3 Å². The second kappa shape index (κ2) is 4.47. The molecule has 0 heterocycles. The molecule has 1 fully saturated rings. The number of benzene rings is 1. The molecule has 0 bridgehead atoms. The highest BCUT2D eigenvalue weighted by Gasteiger charge is 2.47. The van der Waals surface area contributed by atoms with Gasteiger partial charge in [0.15, 0.2) is 0 Å². The Morgan fingerprint density at radius 2 is 2.00 bits per heavy atom. The van der Waals surface area contributed by atoms with E-state index in [1.165, 1.54) is 11.3 Å². The first kappa shape index (κ1) is 13.2. The van der Waals surface area contributed by atoms with Crippen LogP contribution in [0.1, 0.15) is 25.8 Å². The van der Waals surface area contributed by atoms with E-state index in [1.54, 1.807) is 0 Å². The van der Waals surface area contributed by atoms with Crippen LogP contribution in [0.4, 0.5) is 11.4 Å². The molecule has 1 aromatic carbocycles. The number of nitrogens with zero attached hydrogens (tertiary/aromatic N) is 1. The van der Waals surface area contributed by atoms with E-state index in [4.69, 9.17) is 0 Å². The average Bonchev–Trinajstić information content (AvgIpc) is 2.30. The first-order valence-corrected chi connectivity index (χ1v) is 6.55. The molecular weight excluding hydrogens is 224 g/mol. The lowest BCUT2D eigenvalue weighted by Gasteiger charge is -2.50. The molecule has 2 N–H and O–H groups in total. The molecule has 0 amide bonds. The van der Waals surface area contributed by atoms with Gasteiger partial charge in [-0.05, 0) is 31.0 Å². The molecule has 0 aliphatic heterocycles. The van der Waals surface area contributed by atoms with Crippen molar-refractivity contribution in [2.75, 3.05) is 24.3 Å². The van der Waals surface area contributed by atoms with Crippen molar-refractivity contribution in [1.29, 1.82) is 0 Å². The van der Waals surface area contributed by atoms with E-state index in [1.807, 2.05) is 0 Å². The van der Waals surface area contributed by atoms with Crippen molar-refractivity contribution in [3.63, 3.8) is 0 Å². The maximum atomic E-state index is 9.76. The zero-order valence-electron chi connectivity index (χ0n) is 12.0. The van der Waals surface area contributed by atoms with Crippen LogP contribution in [-0.4, -0.2) is 31.3 Å². The highest BCUT2D eigenvalue weighted by molar-refractivity contribution is 5.62. The van der Waals surface area contributed by atoms with Gasteiger partial charge in [-0.15, -0.1) is 0 Å². The minimum absolute atomic E-state index is 0.0385. The molecule has 1 aromatic rings. The van der Waals surface area contributed by atoms with E-state index in [-0.39, 0.29) is 11.5 Å². The smallest absolute Gasteiger partial charge is 0.0630 e. The number of hydrogen-bond acceptors (Lipinski definition) is 3. The van der Waals surface area contributed by atoms with Crippen LogP contribution in [0.2, 0.25) is 0 Å². The molecule has 1 aliphatic rings. The third-order valence-electron chi connectivity index (χ3n) is 4.25. The number of nitrogens with one attached hydrogen (secondary N) is 1. The van der Waals surface area contributed by atoms with Gasteiger partial charge in [-0.1, -0.05) is 19.9 Å². The van der Waals surface area contributed by atoms with Gasteiger partial charge in [0.1, 0.15) is 0 Å². The van der Waals surface area contributed by atoms with E-state index in [9.17, 15) is 5.11 Å². The summed E-state index contributed by atoms with van der Waals surface area (Å²) in [6, 6.07) is 6.78.